The number of hydrogen-bond acceptors (Lipinski definition) is 6. The highest BCUT2D eigenvalue weighted by Crippen LogP contribution is 2.42. The van der Waals surface area contributed by atoms with Crippen molar-refractivity contribution in [3.8, 4) is 17.2 Å². The standard InChI is InChI=1S/C33H35NO6S/c1-20(2)25-14-7-6-11-21(25)17-22-18-26(30(36)31(37)29(22)35)32(38)34-23-12-10-13-24(19-23)41(39,40)28-16-9-8-15-27(28)33(3,4)5/h6-16,18-20,35-37H,17H2,1-5H3,(H,34,38). The molecule has 4 aromatic carbocycles. The van der Waals surface area contributed by atoms with Gasteiger partial charge in [0.25, 0.3) is 5.91 Å². The summed E-state index contributed by atoms with van der Waals surface area (Å²) in [6.07, 6.45) is 0.217. The quantitative estimate of drug-likeness (QED) is 0.178. The highest BCUT2D eigenvalue weighted by Gasteiger charge is 2.27. The summed E-state index contributed by atoms with van der Waals surface area (Å²) in [5.41, 5.74) is 2.39. The molecule has 0 aromatic heterocycles. The first-order valence-corrected chi connectivity index (χ1v) is 14.8. The van der Waals surface area contributed by atoms with Crippen LogP contribution in [0.25, 0.3) is 0 Å². The average molecular weight is 574 g/mol. The zero-order chi connectivity index (χ0) is 30.1. The number of carbonyl (C=O) groups is 1. The second-order valence-electron chi connectivity index (χ2n) is 11.4. The molecule has 0 aliphatic heterocycles. The van der Waals surface area contributed by atoms with E-state index in [0.29, 0.717) is 5.56 Å². The third-order valence-corrected chi connectivity index (χ3v) is 8.83. The van der Waals surface area contributed by atoms with Crippen molar-refractivity contribution in [2.45, 2.75) is 62.2 Å². The number of hydrogen-bond donors (Lipinski definition) is 4. The molecule has 0 radical (unpaired) electrons. The number of benzene rings is 4. The highest BCUT2D eigenvalue weighted by molar-refractivity contribution is 7.91. The Morgan fingerprint density at radius 3 is 2.15 bits per heavy atom. The van der Waals surface area contributed by atoms with Gasteiger partial charge in [-0.2, -0.15) is 0 Å². The summed E-state index contributed by atoms with van der Waals surface area (Å²) in [6.45, 7) is 9.90. The van der Waals surface area contributed by atoms with E-state index in [1.54, 1.807) is 24.3 Å². The number of phenolic OH excluding ortho intramolecular Hbond substituents is 3. The van der Waals surface area contributed by atoms with Crippen molar-refractivity contribution in [1.82, 2.24) is 0 Å². The summed E-state index contributed by atoms with van der Waals surface area (Å²) in [4.78, 5) is 13.5. The van der Waals surface area contributed by atoms with Crippen molar-refractivity contribution >= 4 is 21.4 Å². The lowest BCUT2D eigenvalue weighted by atomic mass is 9.87. The monoisotopic (exact) mass is 573 g/mol. The summed E-state index contributed by atoms with van der Waals surface area (Å²) in [5, 5.41) is 34.2. The molecule has 4 aromatic rings. The van der Waals surface area contributed by atoms with Crippen molar-refractivity contribution in [2.24, 2.45) is 0 Å². The molecule has 0 atom stereocenters. The van der Waals surface area contributed by atoms with Crippen LogP contribution in [-0.4, -0.2) is 29.6 Å². The van der Waals surface area contributed by atoms with Crippen molar-refractivity contribution in [2.75, 3.05) is 5.32 Å². The topological polar surface area (TPSA) is 124 Å². The van der Waals surface area contributed by atoms with Crippen LogP contribution in [-0.2, 0) is 21.7 Å². The minimum absolute atomic E-state index is 0.00393. The van der Waals surface area contributed by atoms with E-state index in [1.165, 1.54) is 30.3 Å². The molecule has 0 heterocycles. The van der Waals surface area contributed by atoms with Gasteiger partial charge in [0.15, 0.2) is 11.5 Å². The minimum atomic E-state index is -3.92. The number of nitrogens with one attached hydrogen (secondary N) is 1. The first-order chi connectivity index (χ1) is 19.2. The smallest absolute Gasteiger partial charge is 0.259 e. The fraction of sp³-hybridized carbons (Fsp3) is 0.242. The van der Waals surface area contributed by atoms with E-state index < -0.39 is 38.4 Å². The molecule has 0 fully saturated rings. The number of anilines is 1. The van der Waals surface area contributed by atoms with Crippen LogP contribution < -0.4 is 5.32 Å². The van der Waals surface area contributed by atoms with Crippen molar-refractivity contribution in [3.05, 3.63) is 107 Å². The van der Waals surface area contributed by atoms with Crippen molar-refractivity contribution in [1.29, 1.82) is 0 Å². The molecule has 41 heavy (non-hydrogen) atoms. The van der Waals surface area contributed by atoms with Crippen LogP contribution in [0.2, 0.25) is 0 Å². The number of aromatic hydroxyl groups is 3. The summed E-state index contributed by atoms with van der Waals surface area (Å²) >= 11 is 0. The van der Waals surface area contributed by atoms with Gasteiger partial charge < -0.3 is 20.6 Å². The second kappa shape index (κ2) is 11.3. The Hall–Kier alpha value is -4.30. The minimum Gasteiger partial charge on any atom is -0.504 e. The first-order valence-electron chi connectivity index (χ1n) is 13.3. The molecule has 0 aliphatic carbocycles. The lowest BCUT2D eigenvalue weighted by Gasteiger charge is -2.22. The van der Waals surface area contributed by atoms with Crippen molar-refractivity contribution < 1.29 is 28.5 Å². The van der Waals surface area contributed by atoms with Crippen LogP contribution in [0.15, 0.2) is 88.7 Å². The van der Waals surface area contributed by atoms with Crippen LogP contribution in [0.1, 0.15) is 73.1 Å². The Morgan fingerprint density at radius 2 is 1.46 bits per heavy atom. The molecule has 0 saturated carbocycles. The molecular weight excluding hydrogens is 538 g/mol. The van der Waals surface area contributed by atoms with Crippen LogP contribution >= 0.6 is 0 Å². The Balaban J connectivity index is 1.68. The first kappa shape index (κ1) is 29.7. The zero-order valence-corrected chi connectivity index (χ0v) is 24.6. The Labute approximate surface area is 241 Å². The normalized spacial score (nSPS) is 12.0. The summed E-state index contributed by atoms with van der Waals surface area (Å²) in [6, 6.07) is 21.7. The lowest BCUT2D eigenvalue weighted by Crippen LogP contribution is -2.17. The number of rotatable bonds is 7. The number of phenols is 3. The van der Waals surface area contributed by atoms with Crippen LogP contribution in [0.5, 0.6) is 17.2 Å². The highest BCUT2D eigenvalue weighted by atomic mass is 32.2. The van der Waals surface area contributed by atoms with Gasteiger partial charge in [0, 0.05) is 17.7 Å². The molecule has 0 bridgehead atoms. The van der Waals surface area contributed by atoms with E-state index in [4.69, 9.17) is 0 Å². The van der Waals surface area contributed by atoms with Gasteiger partial charge in [0.2, 0.25) is 15.6 Å². The molecule has 8 heteroatoms. The Kier molecular flexibility index (Phi) is 8.17. The molecule has 4 rings (SSSR count). The predicted octanol–water partition coefficient (Wildman–Crippen LogP) is 6.90. The van der Waals surface area contributed by atoms with Crippen LogP contribution in [0.3, 0.4) is 0 Å². The molecule has 214 valence electrons. The predicted molar refractivity (Wildman–Crippen MR) is 160 cm³/mol. The molecule has 0 aliphatic rings. The van der Waals surface area contributed by atoms with Gasteiger partial charge in [-0.1, -0.05) is 83.1 Å². The summed E-state index contributed by atoms with van der Waals surface area (Å²) in [7, 11) is -3.92. The molecule has 7 nitrogen and oxygen atoms in total. The summed E-state index contributed by atoms with van der Waals surface area (Å²) in [5.74, 6) is -2.65. The van der Waals surface area contributed by atoms with E-state index in [0.717, 1.165) is 11.1 Å². The summed E-state index contributed by atoms with van der Waals surface area (Å²) < 4.78 is 27.3. The maximum atomic E-state index is 13.6. The van der Waals surface area contributed by atoms with E-state index in [2.05, 4.69) is 5.32 Å². The molecule has 0 unspecified atom stereocenters. The number of carbonyl (C=O) groups excluding carboxylic acids is 1. The van der Waals surface area contributed by atoms with E-state index >= 15 is 0 Å². The van der Waals surface area contributed by atoms with E-state index in [9.17, 15) is 28.5 Å². The van der Waals surface area contributed by atoms with Gasteiger partial charge >= 0.3 is 0 Å². The number of amides is 1. The van der Waals surface area contributed by atoms with Crippen LogP contribution in [0, 0.1) is 0 Å². The fourth-order valence-corrected chi connectivity index (χ4v) is 6.58. The third kappa shape index (κ3) is 6.07. The maximum Gasteiger partial charge on any atom is 0.259 e. The molecule has 0 spiro atoms. The SMILES string of the molecule is CC(C)c1ccccc1Cc1cc(C(=O)Nc2cccc(S(=O)(=O)c3ccccc3C(C)(C)C)c2)c(O)c(O)c1O. The second-order valence-corrected chi connectivity index (χ2v) is 13.3. The molecule has 4 N–H and O–H groups in total. The van der Waals surface area contributed by atoms with Gasteiger partial charge in [-0.3, -0.25) is 4.79 Å². The van der Waals surface area contributed by atoms with Gasteiger partial charge in [-0.15, -0.1) is 0 Å². The maximum absolute atomic E-state index is 13.6. The average Bonchev–Trinajstić information content (AvgIpc) is 2.93. The van der Waals surface area contributed by atoms with Gasteiger partial charge in [0.1, 0.15) is 0 Å². The van der Waals surface area contributed by atoms with Crippen LogP contribution in [0.4, 0.5) is 5.69 Å². The van der Waals surface area contributed by atoms with E-state index in [1.807, 2.05) is 58.9 Å². The fourth-order valence-electron chi connectivity index (χ4n) is 4.86. The van der Waals surface area contributed by atoms with Gasteiger partial charge in [0.05, 0.1) is 15.4 Å². The van der Waals surface area contributed by atoms with E-state index in [-0.39, 0.29) is 38.9 Å². The van der Waals surface area contributed by atoms with Crippen molar-refractivity contribution in [3.63, 3.8) is 0 Å². The number of sulfone groups is 1. The zero-order valence-electron chi connectivity index (χ0n) is 23.8. The largest absolute Gasteiger partial charge is 0.504 e. The van der Waals surface area contributed by atoms with Gasteiger partial charge in [-0.05, 0) is 58.4 Å². The van der Waals surface area contributed by atoms with Gasteiger partial charge in [-0.25, -0.2) is 8.42 Å². The molecule has 0 saturated heterocycles. The Bertz CT molecular complexity index is 1720. The third-order valence-electron chi connectivity index (χ3n) is 7.02. The molecular formula is C33H35NO6S. The Morgan fingerprint density at radius 1 is 0.805 bits per heavy atom. The lowest BCUT2D eigenvalue weighted by molar-refractivity contribution is 0.102. The molecule has 1 amide bonds.